The molecule has 1 heterocycles. The van der Waals surface area contributed by atoms with Crippen LogP contribution in [0.1, 0.15) is 10.9 Å². The van der Waals surface area contributed by atoms with E-state index in [9.17, 15) is 17.2 Å². The molecule has 0 aromatic heterocycles. The standard InChI is InChI=1S/C18H19F2NO5S2/c1-24-14-10-16(26-3)15(25-2)9-12(14)18-21(6-7-27-18)28(22,23)17-8-11(19)4-5-13(17)20/h4-5,8-10,18H,6-7H2,1-3H3. The van der Waals surface area contributed by atoms with E-state index in [0.29, 0.717) is 34.6 Å². The quantitative estimate of drug-likeness (QED) is 0.698. The second kappa shape index (κ2) is 8.14. The van der Waals surface area contributed by atoms with E-state index in [1.807, 2.05) is 0 Å². The lowest BCUT2D eigenvalue weighted by atomic mass is 10.1. The highest BCUT2D eigenvalue weighted by molar-refractivity contribution is 8.01. The van der Waals surface area contributed by atoms with Gasteiger partial charge in [0.25, 0.3) is 0 Å². The molecule has 1 fully saturated rings. The predicted octanol–water partition coefficient (Wildman–Crippen LogP) is 3.43. The highest BCUT2D eigenvalue weighted by Gasteiger charge is 2.40. The van der Waals surface area contributed by atoms with Crippen LogP contribution in [0.4, 0.5) is 8.78 Å². The number of ether oxygens (including phenoxy) is 3. The largest absolute Gasteiger partial charge is 0.496 e. The topological polar surface area (TPSA) is 65.1 Å². The summed E-state index contributed by atoms with van der Waals surface area (Å²) in [4.78, 5) is -0.695. The zero-order valence-corrected chi connectivity index (χ0v) is 17.1. The van der Waals surface area contributed by atoms with E-state index in [-0.39, 0.29) is 6.54 Å². The first kappa shape index (κ1) is 20.7. The molecule has 3 rings (SSSR count). The van der Waals surface area contributed by atoms with Crippen LogP contribution in [0.25, 0.3) is 0 Å². The lowest BCUT2D eigenvalue weighted by molar-refractivity contribution is 0.344. The van der Waals surface area contributed by atoms with Crippen molar-refractivity contribution in [3.8, 4) is 17.2 Å². The molecule has 0 saturated carbocycles. The second-order valence-electron chi connectivity index (χ2n) is 5.86. The molecule has 1 unspecified atom stereocenters. The lowest BCUT2D eigenvalue weighted by Crippen LogP contribution is -2.31. The zero-order chi connectivity index (χ0) is 20.5. The van der Waals surface area contributed by atoms with Crippen molar-refractivity contribution in [1.82, 2.24) is 4.31 Å². The van der Waals surface area contributed by atoms with Gasteiger partial charge in [0.15, 0.2) is 11.5 Å². The van der Waals surface area contributed by atoms with Crippen LogP contribution in [0.3, 0.4) is 0 Å². The molecular weight excluding hydrogens is 412 g/mol. The maximum atomic E-state index is 14.2. The van der Waals surface area contributed by atoms with E-state index in [1.54, 1.807) is 12.1 Å². The molecule has 0 radical (unpaired) electrons. The van der Waals surface area contributed by atoms with Gasteiger partial charge in [-0.2, -0.15) is 4.31 Å². The summed E-state index contributed by atoms with van der Waals surface area (Å²) in [6.45, 7) is 0.144. The fraction of sp³-hybridized carbons (Fsp3) is 0.333. The first-order valence-corrected chi connectivity index (χ1v) is 10.7. The number of rotatable bonds is 6. The van der Waals surface area contributed by atoms with Gasteiger partial charge in [0.05, 0.1) is 26.7 Å². The summed E-state index contributed by atoms with van der Waals surface area (Å²) in [6, 6.07) is 5.60. The van der Waals surface area contributed by atoms with Crippen molar-refractivity contribution in [1.29, 1.82) is 0 Å². The highest BCUT2D eigenvalue weighted by atomic mass is 32.2. The smallest absolute Gasteiger partial charge is 0.247 e. The van der Waals surface area contributed by atoms with Crippen molar-refractivity contribution in [2.45, 2.75) is 10.3 Å². The number of halogens is 2. The Bertz CT molecular complexity index is 984. The molecule has 1 aliphatic rings. The van der Waals surface area contributed by atoms with E-state index in [1.165, 1.54) is 33.1 Å². The molecule has 28 heavy (non-hydrogen) atoms. The summed E-state index contributed by atoms with van der Waals surface area (Å²) in [6.07, 6.45) is 0. The molecule has 2 aromatic carbocycles. The van der Waals surface area contributed by atoms with Gasteiger partial charge in [-0.15, -0.1) is 11.8 Å². The van der Waals surface area contributed by atoms with Crippen LogP contribution < -0.4 is 14.2 Å². The summed E-state index contributed by atoms with van der Waals surface area (Å²) >= 11 is 1.35. The molecule has 2 aromatic rings. The molecule has 1 aliphatic heterocycles. The van der Waals surface area contributed by atoms with Gasteiger partial charge < -0.3 is 14.2 Å². The average Bonchev–Trinajstić information content (AvgIpc) is 3.19. The van der Waals surface area contributed by atoms with Gasteiger partial charge in [-0.3, -0.25) is 0 Å². The third-order valence-corrected chi connectivity index (χ3v) is 7.59. The third kappa shape index (κ3) is 3.63. The normalized spacial score (nSPS) is 17.5. The molecule has 0 aliphatic carbocycles. The Morgan fingerprint density at radius 3 is 2.29 bits per heavy atom. The summed E-state index contributed by atoms with van der Waals surface area (Å²) in [5.41, 5.74) is 0.531. The Kier molecular flexibility index (Phi) is 6.01. The third-order valence-electron chi connectivity index (χ3n) is 4.33. The minimum absolute atomic E-state index is 0.144. The van der Waals surface area contributed by atoms with E-state index in [2.05, 4.69) is 0 Å². The van der Waals surface area contributed by atoms with Crippen LogP contribution in [0.5, 0.6) is 17.2 Å². The van der Waals surface area contributed by atoms with Crippen LogP contribution in [-0.2, 0) is 10.0 Å². The van der Waals surface area contributed by atoms with Gasteiger partial charge in [-0.25, -0.2) is 17.2 Å². The molecule has 1 atom stereocenters. The fourth-order valence-corrected chi connectivity index (χ4v) is 6.32. The SMILES string of the molecule is COc1cc(OC)c(C2SCCN2S(=O)(=O)c2cc(F)ccc2F)cc1OC. The first-order chi connectivity index (χ1) is 13.3. The van der Waals surface area contributed by atoms with Crippen molar-refractivity contribution in [3.05, 3.63) is 47.5 Å². The number of benzene rings is 2. The van der Waals surface area contributed by atoms with Gasteiger partial charge in [-0.05, 0) is 24.3 Å². The van der Waals surface area contributed by atoms with Gasteiger partial charge in [0.2, 0.25) is 10.0 Å². The van der Waals surface area contributed by atoms with Crippen molar-refractivity contribution in [3.63, 3.8) is 0 Å². The number of hydrogen-bond donors (Lipinski definition) is 0. The summed E-state index contributed by atoms with van der Waals surface area (Å²) in [5, 5.41) is -0.692. The lowest BCUT2D eigenvalue weighted by Gasteiger charge is -2.26. The minimum Gasteiger partial charge on any atom is -0.496 e. The Hall–Kier alpha value is -2.04. The van der Waals surface area contributed by atoms with Gasteiger partial charge in [0, 0.05) is 23.9 Å². The Morgan fingerprint density at radius 1 is 1.00 bits per heavy atom. The number of thioether (sulfide) groups is 1. The molecule has 0 bridgehead atoms. The minimum atomic E-state index is -4.28. The van der Waals surface area contributed by atoms with Gasteiger partial charge >= 0.3 is 0 Å². The van der Waals surface area contributed by atoms with Crippen molar-refractivity contribution in [2.24, 2.45) is 0 Å². The summed E-state index contributed by atoms with van der Waals surface area (Å²) < 4.78 is 71.0. The Balaban J connectivity index is 2.10. The van der Waals surface area contributed by atoms with Crippen molar-refractivity contribution >= 4 is 21.8 Å². The van der Waals surface area contributed by atoms with Crippen LogP contribution in [0.15, 0.2) is 35.2 Å². The molecule has 152 valence electrons. The van der Waals surface area contributed by atoms with Crippen LogP contribution >= 0.6 is 11.8 Å². The monoisotopic (exact) mass is 431 g/mol. The van der Waals surface area contributed by atoms with Crippen molar-refractivity contribution < 1.29 is 31.4 Å². The van der Waals surface area contributed by atoms with Crippen LogP contribution in [0.2, 0.25) is 0 Å². The Labute approximate surface area is 166 Å². The molecular formula is C18H19F2NO5S2. The fourth-order valence-electron chi connectivity index (χ4n) is 2.99. The number of nitrogens with zero attached hydrogens (tertiary/aromatic N) is 1. The summed E-state index contributed by atoms with van der Waals surface area (Å²) in [7, 11) is 0.116. The average molecular weight is 431 g/mol. The van der Waals surface area contributed by atoms with Crippen LogP contribution in [0, 0.1) is 11.6 Å². The predicted molar refractivity (Wildman–Crippen MR) is 102 cm³/mol. The molecule has 1 saturated heterocycles. The molecule has 10 heteroatoms. The number of sulfonamides is 1. The molecule has 0 spiro atoms. The number of hydrogen-bond acceptors (Lipinski definition) is 6. The van der Waals surface area contributed by atoms with E-state index >= 15 is 0 Å². The summed E-state index contributed by atoms with van der Waals surface area (Å²) in [5.74, 6) is -0.115. The van der Waals surface area contributed by atoms with E-state index < -0.39 is 31.9 Å². The molecule has 0 amide bonds. The van der Waals surface area contributed by atoms with Crippen molar-refractivity contribution in [2.75, 3.05) is 33.6 Å². The maximum absolute atomic E-state index is 14.2. The zero-order valence-electron chi connectivity index (χ0n) is 15.4. The van der Waals surface area contributed by atoms with Gasteiger partial charge in [-0.1, -0.05) is 0 Å². The first-order valence-electron chi connectivity index (χ1n) is 8.22. The van der Waals surface area contributed by atoms with Gasteiger partial charge in [0.1, 0.15) is 22.3 Å². The number of methoxy groups -OCH3 is 3. The van der Waals surface area contributed by atoms with Crippen LogP contribution in [-0.4, -0.2) is 46.4 Å². The van der Waals surface area contributed by atoms with E-state index in [4.69, 9.17) is 14.2 Å². The maximum Gasteiger partial charge on any atom is 0.247 e. The second-order valence-corrected chi connectivity index (χ2v) is 8.91. The highest BCUT2D eigenvalue weighted by Crippen LogP contribution is 2.47. The molecule has 6 nitrogen and oxygen atoms in total. The Morgan fingerprint density at radius 2 is 1.64 bits per heavy atom. The molecule has 0 N–H and O–H groups in total. The van der Waals surface area contributed by atoms with E-state index in [0.717, 1.165) is 16.4 Å².